The number of amides is 2. The lowest BCUT2D eigenvalue weighted by molar-refractivity contribution is 0.260. The van der Waals surface area contributed by atoms with Gasteiger partial charge in [0.15, 0.2) is 0 Å². The van der Waals surface area contributed by atoms with Gasteiger partial charge >= 0.3 is 0 Å². The molecule has 0 aliphatic heterocycles. The van der Waals surface area contributed by atoms with E-state index in [2.05, 4.69) is 10.6 Å². The van der Waals surface area contributed by atoms with E-state index in [4.69, 9.17) is 0 Å². The maximum Gasteiger partial charge on any atom is 0.283 e. The van der Waals surface area contributed by atoms with Crippen LogP contribution in [-0.2, 0) is 0 Å². The third-order valence-corrected chi connectivity index (χ3v) is 3.90. The fraction of sp³-hybridized carbons (Fsp3) is 0.429. The number of thioether (sulfide) groups is 2. The van der Waals surface area contributed by atoms with Crippen molar-refractivity contribution in [3.8, 4) is 0 Å². The van der Waals surface area contributed by atoms with Crippen molar-refractivity contribution < 1.29 is 9.59 Å². The van der Waals surface area contributed by atoms with Crippen molar-refractivity contribution in [2.75, 3.05) is 13.1 Å². The molecule has 0 aliphatic carbocycles. The molecule has 0 aliphatic rings. The first kappa shape index (κ1) is 16.9. The summed E-state index contributed by atoms with van der Waals surface area (Å²) in [6.45, 7) is 5.38. The molecule has 4 nitrogen and oxygen atoms in total. The monoisotopic (exact) mass is 312 g/mol. The number of carbonyl (C=O) groups is 2. The summed E-state index contributed by atoms with van der Waals surface area (Å²) < 4.78 is 0. The molecule has 0 saturated heterocycles. The van der Waals surface area contributed by atoms with E-state index < -0.39 is 0 Å². The molecule has 110 valence electrons. The van der Waals surface area contributed by atoms with E-state index in [-0.39, 0.29) is 10.5 Å². The summed E-state index contributed by atoms with van der Waals surface area (Å²) in [4.78, 5) is 24.9. The number of benzene rings is 1. The topological polar surface area (TPSA) is 58.2 Å². The molecule has 0 fully saturated rings. The third-order valence-electron chi connectivity index (χ3n) is 2.27. The molecule has 1 aromatic rings. The quantitative estimate of drug-likeness (QED) is 0.776. The first-order valence-electron chi connectivity index (χ1n) is 6.67. The molecule has 0 saturated carbocycles. The van der Waals surface area contributed by atoms with E-state index in [1.165, 1.54) is 0 Å². The van der Waals surface area contributed by atoms with Gasteiger partial charge in [-0.15, -0.1) is 0 Å². The summed E-state index contributed by atoms with van der Waals surface area (Å²) in [5.41, 5.74) is 0. The smallest absolute Gasteiger partial charge is 0.283 e. The van der Waals surface area contributed by atoms with Crippen LogP contribution in [-0.4, -0.2) is 23.6 Å². The molecule has 1 aromatic carbocycles. The minimum absolute atomic E-state index is 0.0653. The van der Waals surface area contributed by atoms with Gasteiger partial charge in [0.25, 0.3) is 10.5 Å². The highest BCUT2D eigenvalue weighted by Crippen LogP contribution is 2.25. The van der Waals surface area contributed by atoms with Gasteiger partial charge in [-0.25, -0.2) is 0 Å². The predicted octanol–water partition coefficient (Wildman–Crippen LogP) is 4.11. The average Bonchev–Trinajstić information content (AvgIpc) is 2.43. The lowest BCUT2D eigenvalue weighted by Gasteiger charge is -2.06. The fourth-order valence-corrected chi connectivity index (χ4v) is 2.86. The Morgan fingerprint density at radius 3 is 1.80 bits per heavy atom. The highest BCUT2D eigenvalue weighted by atomic mass is 32.2. The second kappa shape index (κ2) is 9.72. The molecule has 0 aromatic heterocycles. The van der Waals surface area contributed by atoms with Crippen molar-refractivity contribution in [1.82, 2.24) is 10.6 Å². The lowest BCUT2D eigenvalue weighted by Crippen LogP contribution is -2.19. The van der Waals surface area contributed by atoms with Crippen LogP contribution in [0.1, 0.15) is 26.7 Å². The van der Waals surface area contributed by atoms with Crippen LogP contribution in [0.3, 0.4) is 0 Å². The molecule has 0 bridgehead atoms. The predicted molar refractivity (Wildman–Crippen MR) is 85.5 cm³/mol. The fourth-order valence-electron chi connectivity index (χ4n) is 1.34. The lowest BCUT2D eigenvalue weighted by atomic mass is 10.4. The van der Waals surface area contributed by atoms with Gasteiger partial charge < -0.3 is 10.6 Å². The summed E-state index contributed by atoms with van der Waals surface area (Å²) in [7, 11) is 0. The molecule has 0 unspecified atom stereocenters. The van der Waals surface area contributed by atoms with Gasteiger partial charge in [0.1, 0.15) is 0 Å². The Morgan fingerprint density at radius 1 is 0.950 bits per heavy atom. The van der Waals surface area contributed by atoms with E-state index in [0.717, 1.165) is 46.2 Å². The van der Waals surface area contributed by atoms with Crippen LogP contribution in [0.15, 0.2) is 34.1 Å². The van der Waals surface area contributed by atoms with Gasteiger partial charge in [-0.1, -0.05) is 19.9 Å². The number of rotatable bonds is 6. The number of hydrogen-bond acceptors (Lipinski definition) is 4. The van der Waals surface area contributed by atoms with Gasteiger partial charge in [0, 0.05) is 22.9 Å². The second-order valence-corrected chi connectivity index (χ2v) is 6.20. The van der Waals surface area contributed by atoms with E-state index >= 15 is 0 Å². The molecule has 1 rings (SSSR count). The van der Waals surface area contributed by atoms with Gasteiger partial charge in [-0.2, -0.15) is 0 Å². The molecule has 2 amide bonds. The minimum atomic E-state index is -0.0653. The number of carbonyl (C=O) groups excluding carboxylic acids is 2. The molecule has 2 N–H and O–H groups in total. The molecule has 6 heteroatoms. The SMILES string of the molecule is CCCNC(=O)Sc1cccc(SC(=O)NCCC)c1. The van der Waals surface area contributed by atoms with E-state index in [9.17, 15) is 9.59 Å². The van der Waals surface area contributed by atoms with Crippen molar-refractivity contribution >= 4 is 34.0 Å². The number of hydrogen-bond donors (Lipinski definition) is 2. The molecule has 0 radical (unpaired) electrons. The van der Waals surface area contributed by atoms with Crippen LogP contribution in [0.25, 0.3) is 0 Å². The van der Waals surface area contributed by atoms with Crippen LogP contribution in [0.4, 0.5) is 9.59 Å². The van der Waals surface area contributed by atoms with E-state index in [1.807, 2.05) is 38.1 Å². The molecule has 0 atom stereocenters. The summed E-state index contributed by atoms with van der Waals surface area (Å²) >= 11 is 2.30. The van der Waals surface area contributed by atoms with E-state index in [0.29, 0.717) is 13.1 Å². The van der Waals surface area contributed by atoms with Crippen LogP contribution in [0, 0.1) is 0 Å². The van der Waals surface area contributed by atoms with Gasteiger partial charge in [0.2, 0.25) is 0 Å². The van der Waals surface area contributed by atoms with Crippen molar-refractivity contribution in [1.29, 1.82) is 0 Å². The van der Waals surface area contributed by atoms with Crippen molar-refractivity contribution in [3.63, 3.8) is 0 Å². The Kier molecular flexibility index (Phi) is 8.22. The first-order chi connectivity index (χ1) is 9.65. The minimum Gasteiger partial charge on any atom is -0.347 e. The van der Waals surface area contributed by atoms with E-state index in [1.54, 1.807) is 0 Å². The Hall–Kier alpha value is -1.14. The van der Waals surface area contributed by atoms with Crippen LogP contribution in [0.5, 0.6) is 0 Å². The Bertz CT molecular complexity index is 415. The molecule has 20 heavy (non-hydrogen) atoms. The molecule has 0 spiro atoms. The highest BCUT2D eigenvalue weighted by molar-refractivity contribution is 8.14. The molecule has 0 heterocycles. The average molecular weight is 312 g/mol. The Morgan fingerprint density at radius 2 is 1.40 bits per heavy atom. The Labute approximate surface area is 128 Å². The van der Waals surface area contributed by atoms with Gasteiger partial charge in [-0.3, -0.25) is 9.59 Å². The van der Waals surface area contributed by atoms with Crippen molar-refractivity contribution in [2.24, 2.45) is 0 Å². The first-order valence-corrected chi connectivity index (χ1v) is 8.30. The maximum atomic E-state index is 11.6. The third kappa shape index (κ3) is 6.86. The normalized spacial score (nSPS) is 10.1. The van der Waals surface area contributed by atoms with Crippen LogP contribution >= 0.6 is 23.5 Å². The molecular weight excluding hydrogens is 292 g/mol. The molecular formula is C14H20N2O2S2. The van der Waals surface area contributed by atoms with Crippen molar-refractivity contribution in [2.45, 2.75) is 36.5 Å². The summed E-state index contributed by atoms with van der Waals surface area (Å²) in [6, 6.07) is 7.44. The second-order valence-electron chi connectivity index (χ2n) is 4.11. The standard InChI is InChI=1S/C14H20N2O2S2/c1-3-8-15-13(17)19-11-6-5-7-12(10-11)20-14(18)16-9-4-2/h5-7,10H,3-4,8-9H2,1-2H3,(H,15,17)(H,16,18). The largest absolute Gasteiger partial charge is 0.347 e. The van der Waals surface area contributed by atoms with Crippen molar-refractivity contribution in [3.05, 3.63) is 24.3 Å². The van der Waals surface area contributed by atoms with Crippen LogP contribution in [0.2, 0.25) is 0 Å². The highest BCUT2D eigenvalue weighted by Gasteiger charge is 2.07. The zero-order valence-corrected chi connectivity index (χ0v) is 13.4. The zero-order chi connectivity index (χ0) is 14.8. The maximum absolute atomic E-state index is 11.6. The van der Waals surface area contributed by atoms with Crippen LogP contribution < -0.4 is 10.6 Å². The summed E-state index contributed by atoms with van der Waals surface area (Å²) in [5, 5.41) is 5.48. The number of nitrogens with one attached hydrogen (secondary N) is 2. The van der Waals surface area contributed by atoms with Gasteiger partial charge in [0.05, 0.1) is 0 Å². The van der Waals surface area contributed by atoms with Gasteiger partial charge in [-0.05, 0) is 54.6 Å². The zero-order valence-electron chi connectivity index (χ0n) is 11.8. The summed E-state index contributed by atoms with van der Waals surface area (Å²) in [6.07, 6.45) is 1.83. The Balaban J connectivity index is 2.52. The summed E-state index contributed by atoms with van der Waals surface area (Å²) in [5.74, 6) is 0.